The van der Waals surface area contributed by atoms with Crippen molar-refractivity contribution in [2.75, 3.05) is 57.3 Å². The molecule has 0 spiro atoms. The number of nitrogens with zero attached hydrogens (tertiary/aromatic N) is 6. The maximum atomic E-state index is 13.3. The standard InChI is InChI=1S/C48H57N11O8/c1-5-58-39(25-34(56-58)29-13-14-29)54-45-43-31-24-37(64-4)32(41-27(2)57-67-28(41)3)23-35(31)51-44(43)52-38(53-45)26-49-17-9-21-65-19-6-7-20-66-22-10-18-50-33-12-8-11-30-42(33)48(63)59(47(30)62)36-15-16-40(60)55-46(36)61/h8,11-12,23-25,29,36,49-50H,5-7,9-10,13-22,26H2,1-4H3,(H,55,60,61)(H2,51,52,53,54). The highest BCUT2D eigenvalue weighted by atomic mass is 16.5. The van der Waals surface area contributed by atoms with Gasteiger partial charge in [0.1, 0.15) is 40.7 Å². The molecule has 0 bridgehead atoms. The minimum atomic E-state index is -1.00. The Kier molecular flexibility index (Phi) is 13.6. The van der Waals surface area contributed by atoms with Gasteiger partial charge in [-0.1, -0.05) is 11.2 Å². The Morgan fingerprint density at radius 1 is 0.881 bits per heavy atom. The number of amides is 4. The van der Waals surface area contributed by atoms with Gasteiger partial charge in [-0.05, 0) is 96.5 Å². The van der Waals surface area contributed by atoms with Crippen LogP contribution in [0.4, 0.5) is 17.3 Å². The molecule has 2 aliphatic heterocycles. The number of hydrogen-bond donors (Lipinski definition) is 5. The number of benzene rings is 2. The molecule has 6 aromatic rings. The predicted molar refractivity (Wildman–Crippen MR) is 249 cm³/mol. The van der Waals surface area contributed by atoms with Crippen molar-refractivity contribution in [1.29, 1.82) is 0 Å². The molecule has 19 heteroatoms. The Morgan fingerprint density at radius 3 is 2.37 bits per heavy atom. The Bertz CT molecular complexity index is 2810. The van der Waals surface area contributed by atoms with E-state index in [9.17, 15) is 19.2 Å². The van der Waals surface area contributed by atoms with Crippen molar-refractivity contribution >= 4 is 62.9 Å². The fourth-order valence-electron chi connectivity index (χ4n) is 8.92. The van der Waals surface area contributed by atoms with Crippen LogP contribution in [0.5, 0.6) is 5.75 Å². The molecule has 1 saturated carbocycles. The van der Waals surface area contributed by atoms with Crippen LogP contribution < -0.4 is 26.0 Å². The van der Waals surface area contributed by atoms with Crippen LogP contribution in [0.15, 0.2) is 40.9 Å². The fourth-order valence-corrected chi connectivity index (χ4v) is 8.92. The summed E-state index contributed by atoms with van der Waals surface area (Å²) < 4.78 is 25.2. The van der Waals surface area contributed by atoms with Gasteiger partial charge in [-0.15, -0.1) is 0 Å². The maximum absolute atomic E-state index is 13.3. The van der Waals surface area contributed by atoms with Crippen molar-refractivity contribution in [3.63, 3.8) is 0 Å². The van der Waals surface area contributed by atoms with E-state index in [1.165, 1.54) is 12.8 Å². The van der Waals surface area contributed by atoms with E-state index in [2.05, 4.69) is 50.5 Å². The van der Waals surface area contributed by atoms with Gasteiger partial charge < -0.3 is 39.7 Å². The number of fused-ring (bicyclic) bond motifs is 4. The summed E-state index contributed by atoms with van der Waals surface area (Å²) in [7, 11) is 1.67. The van der Waals surface area contributed by atoms with Crippen LogP contribution in [0.3, 0.4) is 0 Å². The van der Waals surface area contributed by atoms with Crippen molar-refractivity contribution in [2.24, 2.45) is 0 Å². The number of aromatic amines is 1. The lowest BCUT2D eigenvalue weighted by molar-refractivity contribution is -0.136. The predicted octanol–water partition coefficient (Wildman–Crippen LogP) is 6.43. The van der Waals surface area contributed by atoms with Crippen LogP contribution in [0, 0.1) is 13.8 Å². The smallest absolute Gasteiger partial charge is 0.264 e. The molecule has 9 rings (SSSR count). The molecule has 1 aliphatic carbocycles. The number of imide groups is 2. The summed E-state index contributed by atoms with van der Waals surface area (Å²) in [4.78, 5) is 65.0. The molecule has 5 N–H and O–H groups in total. The van der Waals surface area contributed by atoms with Crippen LogP contribution in [0.2, 0.25) is 0 Å². The van der Waals surface area contributed by atoms with Crippen molar-refractivity contribution in [3.05, 3.63) is 70.5 Å². The minimum absolute atomic E-state index is 0.0740. The van der Waals surface area contributed by atoms with Crippen LogP contribution in [0.25, 0.3) is 33.1 Å². The van der Waals surface area contributed by atoms with E-state index in [0.29, 0.717) is 80.6 Å². The second kappa shape index (κ2) is 20.0. The first-order valence-electron chi connectivity index (χ1n) is 23.3. The number of hydrogen-bond acceptors (Lipinski definition) is 15. The van der Waals surface area contributed by atoms with Gasteiger partial charge in [0.2, 0.25) is 11.8 Å². The topological polar surface area (TPSA) is 233 Å². The molecule has 2 aromatic carbocycles. The Hall–Kier alpha value is -6.70. The number of anilines is 3. The zero-order valence-electron chi connectivity index (χ0n) is 38.4. The average molecular weight is 916 g/mol. The van der Waals surface area contributed by atoms with Gasteiger partial charge in [-0.25, -0.2) is 14.6 Å². The van der Waals surface area contributed by atoms with Gasteiger partial charge in [0.25, 0.3) is 11.8 Å². The number of carbonyl (C=O) groups excluding carboxylic acids is 4. The first kappa shape index (κ1) is 45.5. The molecule has 67 heavy (non-hydrogen) atoms. The number of unbranched alkanes of at least 4 members (excludes halogenated alkanes) is 1. The van der Waals surface area contributed by atoms with Gasteiger partial charge in [-0.2, -0.15) is 5.10 Å². The summed E-state index contributed by atoms with van der Waals surface area (Å²) in [6.07, 6.45) is 5.78. The van der Waals surface area contributed by atoms with Crippen molar-refractivity contribution in [2.45, 2.75) is 97.2 Å². The van der Waals surface area contributed by atoms with Gasteiger partial charge in [0, 0.05) is 80.1 Å². The number of rotatable bonds is 23. The third kappa shape index (κ3) is 9.62. The Balaban J connectivity index is 0.718. The molecule has 4 amide bonds. The summed E-state index contributed by atoms with van der Waals surface area (Å²) in [5, 5.41) is 23.5. The van der Waals surface area contributed by atoms with Gasteiger partial charge >= 0.3 is 0 Å². The number of H-pyrrole nitrogens is 1. The second-order valence-corrected chi connectivity index (χ2v) is 17.2. The summed E-state index contributed by atoms with van der Waals surface area (Å²) in [5.74, 6) is 2.07. The molecule has 352 valence electrons. The highest BCUT2D eigenvalue weighted by Crippen LogP contribution is 2.43. The summed E-state index contributed by atoms with van der Waals surface area (Å²) in [6, 6.07) is 10.3. The summed E-state index contributed by atoms with van der Waals surface area (Å²) in [6.45, 7) is 10.8. The molecular weight excluding hydrogens is 859 g/mol. The van der Waals surface area contributed by atoms with Gasteiger partial charge in [0.05, 0.1) is 47.1 Å². The Labute approximate surface area is 387 Å². The lowest BCUT2D eigenvalue weighted by Gasteiger charge is -2.27. The highest BCUT2D eigenvalue weighted by molar-refractivity contribution is 6.25. The first-order chi connectivity index (χ1) is 32.6. The third-order valence-corrected chi connectivity index (χ3v) is 12.5. The number of piperidine rings is 1. The molecular formula is C48H57N11O8. The molecule has 1 unspecified atom stereocenters. The van der Waals surface area contributed by atoms with Crippen LogP contribution in [0.1, 0.15) is 108 Å². The third-order valence-electron chi connectivity index (χ3n) is 12.5. The zero-order chi connectivity index (χ0) is 46.6. The molecule has 2 fully saturated rings. The number of ether oxygens (including phenoxy) is 3. The van der Waals surface area contributed by atoms with Crippen molar-refractivity contribution < 1.29 is 37.9 Å². The van der Waals surface area contributed by atoms with Gasteiger partial charge in [-0.3, -0.25) is 29.4 Å². The molecule has 4 aromatic heterocycles. The SMILES string of the molecule is CCn1nc(C2CC2)cc1Nc1nc(CNCCCOCCCCOCCCNc2cccc3c2C(=O)N(C2CCC(=O)NC2=O)C3=O)nc2[nH]c3cc(-c4c(C)noc4C)c(OC)cc3c12. The van der Waals surface area contributed by atoms with E-state index >= 15 is 0 Å². The second-order valence-electron chi connectivity index (χ2n) is 17.2. The van der Waals surface area contributed by atoms with Gasteiger partial charge in [0.15, 0.2) is 0 Å². The van der Waals surface area contributed by atoms with Crippen LogP contribution in [-0.4, -0.2) is 111 Å². The summed E-state index contributed by atoms with van der Waals surface area (Å²) in [5.41, 5.74) is 6.31. The molecule has 3 aliphatic rings. The highest BCUT2D eigenvalue weighted by Gasteiger charge is 2.45. The van der Waals surface area contributed by atoms with E-state index in [1.54, 1.807) is 25.3 Å². The van der Waals surface area contributed by atoms with E-state index in [4.69, 9.17) is 33.8 Å². The van der Waals surface area contributed by atoms with E-state index < -0.39 is 29.7 Å². The molecule has 6 heterocycles. The zero-order valence-corrected chi connectivity index (χ0v) is 38.4. The van der Waals surface area contributed by atoms with E-state index in [1.807, 2.05) is 24.6 Å². The Morgan fingerprint density at radius 2 is 1.66 bits per heavy atom. The van der Waals surface area contributed by atoms with E-state index in [0.717, 1.165) is 87.6 Å². The number of aryl methyl sites for hydroxylation is 3. The average Bonchev–Trinajstić information content (AvgIpc) is 3.77. The maximum Gasteiger partial charge on any atom is 0.264 e. The lowest BCUT2D eigenvalue weighted by atomic mass is 10.0. The van der Waals surface area contributed by atoms with E-state index in [-0.39, 0.29) is 24.0 Å². The number of nitrogens with one attached hydrogen (secondary N) is 5. The lowest BCUT2D eigenvalue weighted by Crippen LogP contribution is -2.54. The monoisotopic (exact) mass is 915 g/mol. The first-order valence-corrected chi connectivity index (χ1v) is 23.3. The van der Waals surface area contributed by atoms with Crippen molar-refractivity contribution in [3.8, 4) is 16.9 Å². The molecule has 0 radical (unpaired) electrons. The largest absolute Gasteiger partial charge is 0.496 e. The molecule has 1 saturated heterocycles. The quantitative estimate of drug-likeness (QED) is 0.0345. The summed E-state index contributed by atoms with van der Waals surface area (Å²) >= 11 is 0. The normalized spacial score (nSPS) is 16.1. The van der Waals surface area contributed by atoms with Crippen LogP contribution in [-0.2, 0) is 32.2 Å². The molecule has 1 atom stereocenters. The number of carbonyl (C=O) groups is 4. The number of aromatic nitrogens is 6. The van der Waals surface area contributed by atoms with Crippen LogP contribution >= 0.6 is 0 Å². The molecule has 19 nitrogen and oxygen atoms in total. The minimum Gasteiger partial charge on any atom is -0.496 e. The fraction of sp³-hybridized carbons (Fsp3) is 0.458. The number of methoxy groups -OCH3 is 1. The van der Waals surface area contributed by atoms with Crippen molar-refractivity contribution in [1.82, 2.24) is 45.4 Å².